The highest BCUT2D eigenvalue weighted by Gasteiger charge is 2.32. The number of nitrogens with zero attached hydrogens (tertiary/aromatic N) is 6. The molecule has 29 heavy (non-hydrogen) atoms. The maximum Gasteiger partial charge on any atom is 0.225 e. The zero-order valence-electron chi connectivity index (χ0n) is 17.1. The minimum Gasteiger partial charge on any atom is -0.338 e. The van der Waals surface area contributed by atoms with Gasteiger partial charge in [-0.1, -0.05) is 0 Å². The molecule has 4 rings (SSSR count). The van der Waals surface area contributed by atoms with Gasteiger partial charge in [0.15, 0.2) is 5.82 Å². The molecule has 0 aromatic carbocycles. The second-order valence-corrected chi connectivity index (χ2v) is 8.03. The van der Waals surface area contributed by atoms with E-state index in [1.54, 1.807) is 13.1 Å². The lowest BCUT2D eigenvalue weighted by molar-refractivity contribution is -0.136. The minimum absolute atomic E-state index is 0.0158. The van der Waals surface area contributed by atoms with Crippen molar-refractivity contribution in [2.75, 3.05) is 13.1 Å². The zero-order valence-corrected chi connectivity index (χ0v) is 17.1. The molecule has 0 spiro atoms. The average Bonchev–Trinajstić information content (AvgIpc) is 3.28. The van der Waals surface area contributed by atoms with Gasteiger partial charge in [-0.05, 0) is 32.3 Å². The zero-order chi connectivity index (χ0) is 20.4. The van der Waals surface area contributed by atoms with E-state index in [0.717, 1.165) is 49.3 Å². The molecule has 1 saturated heterocycles. The largest absolute Gasteiger partial charge is 0.338 e. The Morgan fingerprint density at radius 2 is 2.14 bits per heavy atom. The number of hydrogen-bond donors (Lipinski definition) is 0. The number of rotatable bonds is 4. The Morgan fingerprint density at radius 1 is 1.28 bits per heavy atom. The van der Waals surface area contributed by atoms with E-state index in [1.165, 1.54) is 0 Å². The van der Waals surface area contributed by atoms with Gasteiger partial charge >= 0.3 is 0 Å². The predicted octanol–water partition coefficient (Wildman–Crippen LogP) is 2.28. The average molecular weight is 396 g/mol. The summed E-state index contributed by atoms with van der Waals surface area (Å²) in [6.45, 7) is 5.61. The molecule has 1 fully saturated rings. The highest BCUT2D eigenvalue weighted by atomic mass is 16.2. The number of hydrogen-bond acceptors (Lipinski definition) is 5. The van der Waals surface area contributed by atoms with Crippen LogP contribution in [0.25, 0.3) is 0 Å². The first-order valence-corrected chi connectivity index (χ1v) is 10.4. The number of fused-ring (bicyclic) bond motifs is 1. The van der Waals surface area contributed by atoms with Crippen LogP contribution in [-0.2, 0) is 22.6 Å². The van der Waals surface area contributed by atoms with Gasteiger partial charge < -0.3 is 9.80 Å². The minimum atomic E-state index is -0.0720. The van der Waals surface area contributed by atoms with E-state index < -0.39 is 0 Å². The fraction of sp³-hybridized carbons (Fsp3) is 0.571. The van der Waals surface area contributed by atoms with Crippen LogP contribution < -0.4 is 0 Å². The number of carbonyl (C=O) groups is 2. The fourth-order valence-electron chi connectivity index (χ4n) is 4.26. The van der Waals surface area contributed by atoms with E-state index in [0.29, 0.717) is 19.5 Å². The van der Waals surface area contributed by atoms with Gasteiger partial charge in [0.25, 0.3) is 0 Å². The van der Waals surface area contributed by atoms with Crippen LogP contribution in [0.3, 0.4) is 0 Å². The van der Waals surface area contributed by atoms with Gasteiger partial charge in [0.1, 0.15) is 0 Å². The Balaban J connectivity index is 1.50. The predicted molar refractivity (Wildman–Crippen MR) is 107 cm³/mol. The molecular weight excluding hydrogens is 368 g/mol. The summed E-state index contributed by atoms with van der Waals surface area (Å²) in [5.74, 6) is 0.941. The normalized spacial score (nSPS) is 20.3. The Bertz CT molecular complexity index is 881. The van der Waals surface area contributed by atoms with E-state index in [2.05, 4.69) is 10.1 Å². The van der Waals surface area contributed by atoms with Crippen LogP contribution in [0.15, 0.2) is 24.7 Å². The highest BCUT2D eigenvalue weighted by molar-refractivity contribution is 5.77. The molecule has 0 saturated carbocycles. The molecule has 4 heterocycles. The molecular formula is C21H28N6O2. The molecule has 8 heteroatoms. The third-order valence-electron chi connectivity index (χ3n) is 5.97. The van der Waals surface area contributed by atoms with E-state index in [9.17, 15) is 9.59 Å². The lowest BCUT2D eigenvalue weighted by Gasteiger charge is -2.36. The van der Waals surface area contributed by atoms with E-state index in [1.807, 2.05) is 39.9 Å². The van der Waals surface area contributed by atoms with Crippen LogP contribution >= 0.6 is 0 Å². The molecule has 0 bridgehead atoms. The SMILES string of the molecule is CC(=O)N1CCc2nc([C@@H]3CCCCN3C(=O)C[C@@H](C)n3cccn3)ncc2C1. The van der Waals surface area contributed by atoms with Gasteiger partial charge in [-0.15, -0.1) is 0 Å². The Labute approximate surface area is 170 Å². The van der Waals surface area contributed by atoms with Gasteiger partial charge in [-0.25, -0.2) is 9.97 Å². The van der Waals surface area contributed by atoms with Gasteiger partial charge in [0.05, 0.1) is 17.8 Å². The fourth-order valence-corrected chi connectivity index (χ4v) is 4.26. The van der Waals surface area contributed by atoms with Crippen molar-refractivity contribution in [1.82, 2.24) is 29.5 Å². The molecule has 8 nitrogen and oxygen atoms in total. The number of likely N-dealkylation sites (tertiary alicyclic amines) is 1. The molecule has 0 radical (unpaired) electrons. The van der Waals surface area contributed by atoms with Gasteiger partial charge in [-0.3, -0.25) is 14.3 Å². The lowest BCUT2D eigenvalue weighted by Crippen LogP contribution is -2.40. The van der Waals surface area contributed by atoms with Crippen molar-refractivity contribution in [1.29, 1.82) is 0 Å². The Hall–Kier alpha value is -2.77. The van der Waals surface area contributed by atoms with Crippen LogP contribution in [0.5, 0.6) is 0 Å². The summed E-state index contributed by atoms with van der Waals surface area (Å²) in [6.07, 6.45) is 9.59. The molecule has 2 aromatic rings. The van der Waals surface area contributed by atoms with Crippen molar-refractivity contribution in [3.63, 3.8) is 0 Å². The quantitative estimate of drug-likeness (QED) is 0.792. The molecule has 2 aromatic heterocycles. The lowest BCUT2D eigenvalue weighted by atomic mass is 9.99. The van der Waals surface area contributed by atoms with Crippen molar-refractivity contribution in [3.8, 4) is 0 Å². The van der Waals surface area contributed by atoms with Gasteiger partial charge in [0.2, 0.25) is 11.8 Å². The number of carbonyl (C=O) groups excluding carboxylic acids is 2. The van der Waals surface area contributed by atoms with Gasteiger partial charge in [0, 0.05) is 63.6 Å². The molecule has 0 N–H and O–H groups in total. The third kappa shape index (κ3) is 4.16. The molecule has 154 valence electrons. The first kappa shape index (κ1) is 19.5. The summed E-state index contributed by atoms with van der Waals surface area (Å²) in [5.41, 5.74) is 2.02. The molecule has 0 unspecified atom stereocenters. The first-order chi connectivity index (χ1) is 14.0. The smallest absolute Gasteiger partial charge is 0.225 e. The molecule has 2 aliphatic heterocycles. The van der Waals surface area contributed by atoms with E-state index in [4.69, 9.17) is 4.98 Å². The number of piperidine rings is 1. The van der Waals surface area contributed by atoms with Crippen LogP contribution in [0, 0.1) is 0 Å². The van der Waals surface area contributed by atoms with Crippen LogP contribution in [0.1, 0.15) is 68.7 Å². The number of amides is 2. The first-order valence-electron chi connectivity index (χ1n) is 10.4. The summed E-state index contributed by atoms with van der Waals surface area (Å²) in [7, 11) is 0. The molecule has 2 amide bonds. The summed E-state index contributed by atoms with van der Waals surface area (Å²) in [6, 6.07) is 1.82. The molecule has 2 atom stereocenters. The summed E-state index contributed by atoms with van der Waals surface area (Å²) >= 11 is 0. The van der Waals surface area contributed by atoms with Crippen LogP contribution in [-0.4, -0.2) is 54.5 Å². The topological polar surface area (TPSA) is 84.2 Å². The second-order valence-electron chi connectivity index (χ2n) is 8.03. The van der Waals surface area contributed by atoms with E-state index >= 15 is 0 Å². The van der Waals surface area contributed by atoms with Crippen molar-refractivity contribution in [2.24, 2.45) is 0 Å². The molecule has 2 aliphatic rings. The monoisotopic (exact) mass is 396 g/mol. The summed E-state index contributed by atoms with van der Waals surface area (Å²) in [5, 5.41) is 4.25. The van der Waals surface area contributed by atoms with Crippen LogP contribution in [0.4, 0.5) is 0 Å². The van der Waals surface area contributed by atoms with Crippen molar-refractivity contribution >= 4 is 11.8 Å². The van der Waals surface area contributed by atoms with Crippen molar-refractivity contribution in [3.05, 3.63) is 41.7 Å². The second kappa shape index (κ2) is 8.31. The standard InChI is InChI=1S/C21H28N6O2/c1-15(27-10-5-8-23-27)12-20(29)26-9-4-3-6-19(26)21-22-13-17-14-25(16(2)28)11-7-18(17)24-21/h5,8,10,13,15,19H,3-4,6-7,9,11-12,14H2,1-2H3/t15-,19+/m1/s1. The highest BCUT2D eigenvalue weighted by Crippen LogP contribution is 2.31. The van der Waals surface area contributed by atoms with E-state index in [-0.39, 0.29) is 23.9 Å². The summed E-state index contributed by atoms with van der Waals surface area (Å²) in [4.78, 5) is 37.9. The molecule has 0 aliphatic carbocycles. The maximum absolute atomic E-state index is 13.1. The van der Waals surface area contributed by atoms with Crippen molar-refractivity contribution < 1.29 is 9.59 Å². The van der Waals surface area contributed by atoms with Gasteiger partial charge in [-0.2, -0.15) is 5.10 Å². The van der Waals surface area contributed by atoms with Crippen LogP contribution in [0.2, 0.25) is 0 Å². The Kier molecular flexibility index (Phi) is 5.60. The third-order valence-corrected chi connectivity index (χ3v) is 5.97. The Morgan fingerprint density at radius 3 is 2.90 bits per heavy atom. The maximum atomic E-state index is 13.1. The van der Waals surface area contributed by atoms with Crippen molar-refractivity contribution in [2.45, 2.75) is 64.6 Å². The summed E-state index contributed by atoms with van der Waals surface area (Å²) < 4.78 is 1.83. The number of aromatic nitrogens is 4.